The van der Waals surface area contributed by atoms with Gasteiger partial charge in [0.05, 0.1) is 0 Å². The first-order valence-corrected chi connectivity index (χ1v) is 3.04. The maximum absolute atomic E-state index is 12.0. The Kier molecular flexibility index (Phi) is 1.98. The molecule has 0 amide bonds. The Morgan fingerprint density at radius 1 is 1.46 bits per heavy atom. The van der Waals surface area contributed by atoms with Gasteiger partial charge in [-0.15, -0.1) is 10.2 Å². The van der Waals surface area contributed by atoms with E-state index in [1.54, 1.807) is 0 Å². The van der Waals surface area contributed by atoms with E-state index in [2.05, 4.69) is 10.2 Å². The number of alkyl halides is 3. The number of carboxylic acids is 1. The van der Waals surface area contributed by atoms with E-state index in [1.165, 1.54) is 0 Å². The molecule has 0 atom stereocenters. The molecule has 1 N–H and O–H groups in total. The van der Waals surface area contributed by atoms with Gasteiger partial charge in [-0.3, -0.25) is 0 Å². The molecule has 0 aromatic carbocycles. The highest BCUT2D eigenvalue weighted by atomic mass is 19.4. The van der Waals surface area contributed by atoms with Gasteiger partial charge in [-0.1, -0.05) is 0 Å². The number of carbonyl (C=O) groups is 1. The smallest absolute Gasteiger partial charge is 0.437 e. The molecular weight excluding hydrogens is 191 g/mol. The Hall–Kier alpha value is -1.60. The van der Waals surface area contributed by atoms with Gasteiger partial charge in [0.2, 0.25) is 11.4 Å². The molecule has 0 aliphatic heterocycles. The summed E-state index contributed by atoms with van der Waals surface area (Å²) in [4.78, 5) is 10.8. The number of hydrogen-bond donors (Lipinski definition) is 1. The number of aromatic nitrogens is 3. The molecule has 0 spiro atoms. The maximum atomic E-state index is 12.0. The predicted octanol–water partition coefficient (Wildman–Crippen LogP) is 0.532. The van der Waals surface area contributed by atoms with E-state index in [1.807, 2.05) is 0 Å². The zero-order valence-electron chi connectivity index (χ0n) is 6.33. The van der Waals surface area contributed by atoms with Crippen LogP contribution in [0.2, 0.25) is 0 Å². The highest BCUT2D eigenvalue weighted by Crippen LogP contribution is 2.29. The summed E-state index contributed by atoms with van der Waals surface area (Å²) in [7, 11) is 1.11. The molecule has 1 heterocycles. The van der Waals surface area contributed by atoms with Gasteiger partial charge in [-0.05, 0) is 0 Å². The molecule has 1 aromatic heterocycles. The van der Waals surface area contributed by atoms with E-state index in [0.29, 0.717) is 4.80 Å². The third kappa shape index (κ3) is 1.76. The highest BCUT2D eigenvalue weighted by Gasteiger charge is 2.40. The summed E-state index contributed by atoms with van der Waals surface area (Å²) in [6.07, 6.45) is -4.79. The fourth-order valence-corrected chi connectivity index (χ4v) is 0.742. The average molecular weight is 195 g/mol. The molecular formula is C5H4F3N3O2. The highest BCUT2D eigenvalue weighted by molar-refractivity contribution is 5.86. The quantitative estimate of drug-likeness (QED) is 0.709. The lowest BCUT2D eigenvalue weighted by Gasteiger charge is -2.00. The monoisotopic (exact) mass is 195 g/mol. The van der Waals surface area contributed by atoms with E-state index in [0.717, 1.165) is 7.05 Å². The van der Waals surface area contributed by atoms with Crippen molar-refractivity contribution in [2.45, 2.75) is 6.18 Å². The first-order valence-electron chi connectivity index (χ1n) is 3.04. The van der Waals surface area contributed by atoms with Crippen molar-refractivity contribution < 1.29 is 23.1 Å². The maximum Gasteiger partial charge on any atom is 0.437 e. The van der Waals surface area contributed by atoms with Crippen LogP contribution in [0.5, 0.6) is 0 Å². The second-order valence-corrected chi connectivity index (χ2v) is 2.19. The molecule has 1 aromatic rings. The molecule has 13 heavy (non-hydrogen) atoms. The van der Waals surface area contributed by atoms with Crippen molar-refractivity contribution in [1.82, 2.24) is 15.0 Å². The Bertz CT molecular complexity index is 343. The first-order chi connectivity index (χ1) is 5.82. The first kappa shape index (κ1) is 9.49. The molecule has 0 aliphatic carbocycles. The number of halogens is 3. The SMILES string of the molecule is Cn1nc(C(=O)O)c(C(F)(F)F)n1. The Balaban J connectivity index is 3.28. The Morgan fingerprint density at radius 3 is 2.31 bits per heavy atom. The number of rotatable bonds is 1. The largest absolute Gasteiger partial charge is 0.476 e. The van der Waals surface area contributed by atoms with E-state index in [4.69, 9.17) is 5.11 Å². The van der Waals surface area contributed by atoms with Crippen molar-refractivity contribution >= 4 is 5.97 Å². The molecule has 0 radical (unpaired) electrons. The van der Waals surface area contributed by atoms with Gasteiger partial charge in [0.15, 0.2) is 0 Å². The third-order valence-electron chi connectivity index (χ3n) is 1.18. The van der Waals surface area contributed by atoms with Gasteiger partial charge in [0.25, 0.3) is 0 Å². The summed E-state index contributed by atoms with van der Waals surface area (Å²) in [6.45, 7) is 0. The zero-order valence-corrected chi connectivity index (χ0v) is 6.33. The van der Waals surface area contributed by atoms with E-state index < -0.39 is 23.5 Å². The fraction of sp³-hybridized carbons (Fsp3) is 0.400. The van der Waals surface area contributed by atoms with Crippen molar-refractivity contribution in [2.24, 2.45) is 7.05 Å². The summed E-state index contributed by atoms with van der Waals surface area (Å²) in [5.41, 5.74) is -2.57. The van der Waals surface area contributed by atoms with Gasteiger partial charge in [-0.25, -0.2) is 4.79 Å². The summed E-state index contributed by atoms with van der Waals surface area (Å²) in [6, 6.07) is 0. The van der Waals surface area contributed by atoms with Crippen LogP contribution in [0.25, 0.3) is 0 Å². The van der Waals surface area contributed by atoms with Crippen LogP contribution in [-0.2, 0) is 13.2 Å². The molecule has 0 saturated carbocycles. The lowest BCUT2D eigenvalue weighted by Crippen LogP contribution is -2.12. The van der Waals surface area contributed by atoms with Crippen LogP contribution in [0.4, 0.5) is 13.2 Å². The number of nitrogens with zero attached hydrogens (tertiary/aromatic N) is 3. The Labute approximate surface area is 69.8 Å². The van der Waals surface area contributed by atoms with Crippen LogP contribution in [0.1, 0.15) is 16.2 Å². The van der Waals surface area contributed by atoms with Gasteiger partial charge in [-0.2, -0.15) is 18.0 Å². The number of carboxylic acid groups (broad SMARTS) is 1. The van der Waals surface area contributed by atoms with Gasteiger partial charge >= 0.3 is 12.1 Å². The van der Waals surface area contributed by atoms with Crippen molar-refractivity contribution in [3.8, 4) is 0 Å². The lowest BCUT2D eigenvalue weighted by molar-refractivity contribution is -0.142. The molecule has 0 aliphatic rings. The van der Waals surface area contributed by atoms with Crippen LogP contribution >= 0.6 is 0 Å². The molecule has 72 valence electrons. The summed E-state index contributed by atoms with van der Waals surface area (Å²) < 4.78 is 36.1. The lowest BCUT2D eigenvalue weighted by atomic mass is 10.3. The minimum absolute atomic E-state index is 0.562. The van der Waals surface area contributed by atoms with Crippen LogP contribution in [0, 0.1) is 0 Å². The van der Waals surface area contributed by atoms with Crippen LogP contribution in [0.3, 0.4) is 0 Å². The summed E-state index contributed by atoms with van der Waals surface area (Å²) >= 11 is 0. The second kappa shape index (κ2) is 2.71. The van der Waals surface area contributed by atoms with Crippen LogP contribution < -0.4 is 0 Å². The molecule has 1 rings (SSSR count). The average Bonchev–Trinajstić information content (AvgIpc) is 2.29. The van der Waals surface area contributed by atoms with Gasteiger partial charge in [0, 0.05) is 7.05 Å². The van der Waals surface area contributed by atoms with E-state index >= 15 is 0 Å². The number of aryl methyl sites for hydroxylation is 1. The van der Waals surface area contributed by atoms with Gasteiger partial charge < -0.3 is 5.11 Å². The van der Waals surface area contributed by atoms with Crippen LogP contribution in [0.15, 0.2) is 0 Å². The molecule has 0 saturated heterocycles. The normalized spacial score (nSPS) is 11.7. The van der Waals surface area contributed by atoms with Crippen molar-refractivity contribution in [1.29, 1.82) is 0 Å². The minimum Gasteiger partial charge on any atom is -0.476 e. The molecule has 0 bridgehead atoms. The summed E-state index contributed by atoms with van der Waals surface area (Å²) in [5.74, 6) is -1.75. The van der Waals surface area contributed by atoms with Crippen molar-refractivity contribution in [3.05, 3.63) is 11.4 Å². The summed E-state index contributed by atoms with van der Waals surface area (Å²) in [5, 5.41) is 14.3. The predicted molar refractivity (Wildman–Crippen MR) is 33.0 cm³/mol. The minimum atomic E-state index is -4.79. The fourth-order valence-electron chi connectivity index (χ4n) is 0.742. The standard InChI is InChI=1S/C5H4F3N3O2/c1-11-9-2(4(12)13)3(10-11)5(6,7)8/h1H3,(H,12,13). The molecule has 5 nitrogen and oxygen atoms in total. The topological polar surface area (TPSA) is 68.0 Å². The molecule has 0 fully saturated rings. The zero-order chi connectivity index (χ0) is 10.2. The number of hydrogen-bond acceptors (Lipinski definition) is 3. The van der Waals surface area contributed by atoms with Crippen molar-refractivity contribution in [3.63, 3.8) is 0 Å². The van der Waals surface area contributed by atoms with E-state index in [-0.39, 0.29) is 0 Å². The van der Waals surface area contributed by atoms with E-state index in [9.17, 15) is 18.0 Å². The molecule has 0 unspecified atom stereocenters. The second-order valence-electron chi connectivity index (χ2n) is 2.19. The Morgan fingerprint density at radius 2 is 2.00 bits per heavy atom. The van der Waals surface area contributed by atoms with Crippen LogP contribution in [-0.4, -0.2) is 26.1 Å². The third-order valence-corrected chi connectivity index (χ3v) is 1.18. The van der Waals surface area contributed by atoms with Gasteiger partial charge in [0.1, 0.15) is 0 Å². The number of aromatic carboxylic acids is 1. The molecule has 8 heteroatoms. The van der Waals surface area contributed by atoms with Crippen molar-refractivity contribution in [2.75, 3.05) is 0 Å².